The van der Waals surface area contributed by atoms with Crippen LogP contribution in [0.1, 0.15) is 34.9 Å². The van der Waals surface area contributed by atoms with Gasteiger partial charge < -0.3 is 9.26 Å². The Bertz CT molecular complexity index is 646. The predicted octanol–water partition coefficient (Wildman–Crippen LogP) is 3.48. The van der Waals surface area contributed by atoms with Crippen LogP contribution < -0.4 is 0 Å². The molecule has 2 aromatic rings. The van der Waals surface area contributed by atoms with E-state index < -0.39 is 5.97 Å². The maximum absolute atomic E-state index is 11.9. The van der Waals surface area contributed by atoms with Crippen LogP contribution in [-0.2, 0) is 4.74 Å². The highest BCUT2D eigenvalue weighted by Crippen LogP contribution is 2.29. The first-order valence-electron chi connectivity index (χ1n) is 5.98. The molecule has 6 heteroatoms. The Labute approximate surface area is 124 Å². The van der Waals surface area contributed by atoms with Gasteiger partial charge in [-0.05, 0) is 24.6 Å². The number of halogens is 1. The third-order valence-corrected chi connectivity index (χ3v) is 3.14. The Kier molecular flexibility index (Phi) is 4.34. The van der Waals surface area contributed by atoms with Crippen LogP contribution >= 0.6 is 15.9 Å². The van der Waals surface area contributed by atoms with Crippen LogP contribution in [0.15, 0.2) is 33.3 Å². The first-order valence-corrected chi connectivity index (χ1v) is 6.77. The summed E-state index contributed by atoms with van der Waals surface area (Å²) in [5.74, 6) is -0.858. The van der Waals surface area contributed by atoms with Gasteiger partial charge in [-0.2, -0.15) is 0 Å². The topological polar surface area (TPSA) is 69.4 Å². The van der Waals surface area contributed by atoms with E-state index >= 15 is 0 Å². The Hall–Kier alpha value is -1.95. The fourth-order valence-electron chi connectivity index (χ4n) is 1.75. The molecule has 1 aromatic heterocycles. The highest BCUT2D eigenvalue weighted by atomic mass is 79.9. The number of benzene rings is 1. The molecule has 0 saturated heterocycles. The van der Waals surface area contributed by atoms with Gasteiger partial charge in [-0.15, -0.1) is 0 Å². The molecule has 0 aliphatic rings. The minimum absolute atomic E-state index is 0.0133. The number of hydrogen-bond acceptors (Lipinski definition) is 5. The summed E-state index contributed by atoms with van der Waals surface area (Å²) in [4.78, 5) is 23.5. The summed E-state index contributed by atoms with van der Waals surface area (Å²) < 4.78 is 10.8. The van der Waals surface area contributed by atoms with Gasteiger partial charge >= 0.3 is 5.97 Å². The molecule has 1 aromatic carbocycles. The average molecular weight is 338 g/mol. The van der Waals surface area contributed by atoms with Crippen molar-refractivity contribution < 1.29 is 18.8 Å². The fraction of sp³-hybridized carbons (Fsp3) is 0.214. The molecule has 0 unspecified atom stereocenters. The zero-order valence-corrected chi connectivity index (χ0v) is 12.6. The van der Waals surface area contributed by atoms with Crippen molar-refractivity contribution in [3.8, 4) is 11.1 Å². The predicted molar refractivity (Wildman–Crippen MR) is 75.6 cm³/mol. The first kappa shape index (κ1) is 14.5. The SMILES string of the molecule is CCOC(=O)c1noc(C(C)=O)c1-c1ccc(Br)cc1. The summed E-state index contributed by atoms with van der Waals surface area (Å²) in [6, 6.07) is 7.15. The van der Waals surface area contributed by atoms with Gasteiger partial charge in [0, 0.05) is 11.4 Å². The van der Waals surface area contributed by atoms with E-state index in [9.17, 15) is 9.59 Å². The molecule has 0 radical (unpaired) electrons. The minimum atomic E-state index is -0.610. The lowest BCUT2D eigenvalue weighted by atomic mass is 10.0. The largest absolute Gasteiger partial charge is 0.461 e. The number of esters is 1. The molecule has 0 atom stereocenters. The molecular weight excluding hydrogens is 326 g/mol. The maximum Gasteiger partial charge on any atom is 0.361 e. The van der Waals surface area contributed by atoms with Crippen LogP contribution in [0.2, 0.25) is 0 Å². The molecule has 1 heterocycles. The zero-order chi connectivity index (χ0) is 14.7. The van der Waals surface area contributed by atoms with Crippen LogP contribution in [0, 0.1) is 0 Å². The van der Waals surface area contributed by atoms with Gasteiger partial charge in [0.25, 0.3) is 0 Å². The highest BCUT2D eigenvalue weighted by molar-refractivity contribution is 9.10. The molecule has 0 N–H and O–H groups in total. The summed E-state index contributed by atoms with van der Waals surface area (Å²) in [7, 11) is 0. The average Bonchev–Trinajstić information content (AvgIpc) is 2.84. The van der Waals surface area contributed by atoms with E-state index in [2.05, 4.69) is 21.1 Å². The van der Waals surface area contributed by atoms with Crippen molar-refractivity contribution in [2.24, 2.45) is 0 Å². The number of nitrogens with zero attached hydrogens (tertiary/aromatic N) is 1. The van der Waals surface area contributed by atoms with E-state index in [1.807, 2.05) is 0 Å². The second-order valence-corrected chi connectivity index (χ2v) is 4.93. The number of ether oxygens (including phenoxy) is 1. The van der Waals surface area contributed by atoms with Gasteiger partial charge in [0.05, 0.1) is 12.2 Å². The third kappa shape index (κ3) is 2.80. The van der Waals surface area contributed by atoms with Crippen LogP contribution in [0.5, 0.6) is 0 Å². The Morgan fingerprint density at radius 1 is 1.30 bits per heavy atom. The summed E-state index contributed by atoms with van der Waals surface area (Å²) in [5.41, 5.74) is 1.05. The zero-order valence-electron chi connectivity index (χ0n) is 11.0. The number of aromatic nitrogens is 1. The van der Waals surface area contributed by atoms with E-state index in [-0.39, 0.29) is 23.8 Å². The molecule has 0 bridgehead atoms. The smallest absolute Gasteiger partial charge is 0.361 e. The maximum atomic E-state index is 11.9. The van der Waals surface area contributed by atoms with Crippen molar-refractivity contribution in [3.05, 3.63) is 40.2 Å². The Morgan fingerprint density at radius 2 is 1.95 bits per heavy atom. The van der Waals surface area contributed by atoms with Crippen LogP contribution in [0.25, 0.3) is 11.1 Å². The molecule has 2 rings (SSSR count). The van der Waals surface area contributed by atoms with Crippen molar-refractivity contribution in [2.75, 3.05) is 6.61 Å². The number of rotatable bonds is 4. The van der Waals surface area contributed by atoms with Crippen LogP contribution in [0.4, 0.5) is 0 Å². The Balaban J connectivity index is 2.58. The normalized spacial score (nSPS) is 10.3. The molecule has 0 fully saturated rings. The molecule has 20 heavy (non-hydrogen) atoms. The van der Waals surface area contributed by atoms with Gasteiger partial charge in [-0.1, -0.05) is 33.2 Å². The van der Waals surface area contributed by atoms with Crippen molar-refractivity contribution in [1.82, 2.24) is 5.16 Å². The summed E-state index contributed by atoms with van der Waals surface area (Å²) in [5, 5.41) is 3.67. The van der Waals surface area contributed by atoms with E-state index in [4.69, 9.17) is 9.26 Å². The van der Waals surface area contributed by atoms with Crippen molar-refractivity contribution in [3.63, 3.8) is 0 Å². The minimum Gasteiger partial charge on any atom is -0.461 e. The molecule has 0 aliphatic carbocycles. The lowest BCUT2D eigenvalue weighted by molar-refractivity contribution is 0.0515. The van der Waals surface area contributed by atoms with Gasteiger partial charge in [-0.25, -0.2) is 4.79 Å². The number of Topliss-reactive ketones (excluding diaryl/α,β-unsaturated/α-hetero) is 1. The van der Waals surface area contributed by atoms with Crippen molar-refractivity contribution in [2.45, 2.75) is 13.8 Å². The van der Waals surface area contributed by atoms with E-state index in [0.717, 1.165) is 4.47 Å². The lowest BCUT2D eigenvalue weighted by Gasteiger charge is -2.03. The molecule has 0 amide bonds. The number of carbonyl (C=O) groups excluding carboxylic acids is 2. The fourth-order valence-corrected chi connectivity index (χ4v) is 2.02. The van der Waals surface area contributed by atoms with Crippen molar-refractivity contribution >= 4 is 27.7 Å². The van der Waals surface area contributed by atoms with Crippen LogP contribution in [0.3, 0.4) is 0 Å². The highest BCUT2D eigenvalue weighted by Gasteiger charge is 2.26. The number of carbonyl (C=O) groups is 2. The van der Waals surface area contributed by atoms with E-state index in [1.54, 1.807) is 31.2 Å². The Morgan fingerprint density at radius 3 is 2.50 bits per heavy atom. The molecule has 0 spiro atoms. The monoisotopic (exact) mass is 337 g/mol. The van der Waals surface area contributed by atoms with E-state index in [1.165, 1.54) is 6.92 Å². The van der Waals surface area contributed by atoms with Crippen LogP contribution in [-0.4, -0.2) is 23.5 Å². The van der Waals surface area contributed by atoms with Gasteiger partial charge in [0.2, 0.25) is 5.76 Å². The molecule has 0 saturated carbocycles. The molecule has 104 valence electrons. The molecule has 0 aliphatic heterocycles. The summed E-state index contributed by atoms with van der Waals surface area (Å²) >= 11 is 3.33. The number of ketones is 1. The summed E-state index contributed by atoms with van der Waals surface area (Å²) in [6.45, 7) is 3.28. The second-order valence-electron chi connectivity index (χ2n) is 4.02. The van der Waals surface area contributed by atoms with Crippen molar-refractivity contribution in [1.29, 1.82) is 0 Å². The lowest BCUT2D eigenvalue weighted by Crippen LogP contribution is -2.07. The standard InChI is InChI=1S/C14H12BrNO4/c1-3-19-14(18)12-11(13(8(2)17)20-16-12)9-4-6-10(15)7-5-9/h4-7H,3H2,1-2H3. The first-order chi connectivity index (χ1) is 9.54. The van der Waals surface area contributed by atoms with Gasteiger partial charge in [0.15, 0.2) is 11.5 Å². The van der Waals surface area contributed by atoms with Gasteiger partial charge in [-0.3, -0.25) is 4.79 Å². The molecular formula is C14H12BrNO4. The molecule has 5 nitrogen and oxygen atoms in total. The quantitative estimate of drug-likeness (QED) is 0.631. The second kappa shape index (κ2) is 6.00. The summed E-state index contributed by atoms with van der Waals surface area (Å²) in [6.07, 6.45) is 0. The number of hydrogen-bond donors (Lipinski definition) is 0. The van der Waals surface area contributed by atoms with Gasteiger partial charge in [0.1, 0.15) is 0 Å². The third-order valence-electron chi connectivity index (χ3n) is 2.61. The van der Waals surface area contributed by atoms with E-state index in [0.29, 0.717) is 11.1 Å².